The van der Waals surface area contributed by atoms with Gasteiger partial charge >= 0.3 is 0 Å². The molecule has 0 heterocycles. The molecule has 3 heteroatoms. The van der Waals surface area contributed by atoms with Crippen LogP contribution < -0.4 is 10.1 Å². The standard InChI is InChI=1S/C16H15NO2/c18-16(17-12-10-11-12)14-8-4-5-9-15(14)19-13-6-2-1-3-7-13/h1-9,12H,10-11H2,(H,17,18). The summed E-state index contributed by atoms with van der Waals surface area (Å²) in [5.41, 5.74) is 0.582. The maximum atomic E-state index is 12.1. The van der Waals surface area contributed by atoms with Crippen LogP contribution in [0.1, 0.15) is 23.2 Å². The van der Waals surface area contributed by atoms with Crippen molar-refractivity contribution >= 4 is 5.91 Å². The van der Waals surface area contributed by atoms with Crippen LogP contribution in [-0.4, -0.2) is 11.9 Å². The van der Waals surface area contributed by atoms with Crippen LogP contribution >= 0.6 is 0 Å². The molecule has 1 aliphatic carbocycles. The van der Waals surface area contributed by atoms with Gasteiger partial charge in [-0.1, -0.05) is 30.3 Å². The summed E-state index contributed by atoms with van der Waals surface area (Å²) in [5.74, 6) is 1.26. The second kappa shape index (κ2) is 5.14. The summed E-state index contributed by atoms with van der Waals surface area (Å²) in [4.78, 5) is 12.1. The Morgan fingerprint density at radius 2 is 1.68 bits per heavy atom. The number of carbonyl (C=O) groups excluding carboxylic acids is 1. The van der Waals surface area contributed by atoms with Crippen molar-refractivity contribution in [2.75, 3.05) is 0 Å². The van der Waals surface area contributed by atoms with Gasteiger partial charge in [-0.05, 0) is 37.1 Å². The quantitative estimate of drug-likeness (QED) is 0.907. The van der Waals surface area contributed by atoms with Gasteiger partial charge < -0.3 is 10.1 Å². The zero-order valence-corrected chi connectivity index (χ0v) is 10.5. The van der Waals surface area contributed by atoms with Crippen LogP contribution in [0, 0.1) is 0 Å². The highest BCUT2D eigenvalue weighted by atomic mass is 16.5. The molecule has 3 nitrogen and oxygen atoms in total. The third kappa shape index (κ3) is 2.94. The molecule has 2 aromatic rings. The first-order chi connectivity index (χ1) is 9.33. The average Bonchev–Trinajstić information content (AvgIpc) is 3.24. The number of nitrogens with one attached hydrogen (secondary N) is 1. The van der Waals surface area contributed by atoms with E-state index in [1.807, 2.05) is 48.5 Å². The molecule has 0 spiro atoms. The second-order valence-electron chi connectivity index (χ2n) is 4.66. The Bertz CT molecular complexity index is 576. The third-order valence-corrected chi connectivity index (χ3v) is 3.02. The minimum atomic E-state index is -0.0611. The zero-order chi connectivity index (χ0) is 13.1. The van der Waals surface area contributed by atoms with Crippen molar-refractivity contribution in [3.05, 3.63) is 60.2 Å². The van der Waals surface area contributed by atoms with Crippen molar-refractivity contribution in [1.82, 2.24) is 5.32 Å². The maximum Gasteiger partial charge on any atom is 0.255 e. The number of para-hydroxylation sites is 2. The summed E-state index contributed by atoms with van der Waals surface area (Å²) in [7, 11) is 0. The lowest BCUT2D eigenvalue weighted by Gasteiger charge is -2.10. The first-order valence-electron chi connectivity index (χ1n) is 6.46. The smallest absolute Gasteiger partial charge is 0.255 e. The molecule has 1 aliphatic rings. The summed E-state index contributed by atoms with van der Waals surface area (Å²) >= 11 is 0. The molecule has 0 aliphatic heterocycles. The Morgan fingerprint density at radius 1 is 1.00 bits per heavy atom. The molecule has 0 saturated heterocycles. The summed E-state index contributed by atoms with van der Waals surface area (Å²) < 4.78 is 5.77. The Kier molecular flexibility index (Phi) is 3.19. The first kappa shape index (κ1) is 11.8. The molecule has 3 rings (SSSR count). The van der Waals surface area contributed by atoms with E-state index in [2.05, 4.69) is 5.32 Å². The molecule has 0 aromatic heterocycles. The molecule has 1 saturated carbocycles. The lowest BCUT2D eigenvalue weighted by molar-refractivity contribution is 0.0949. The lowest BCUT2D eigenvalue weighted by atomic mass is 10.2. The van der Waals surface area contributed by atoms with Gasteiger partial charge in [-0.3, -0.25) is 4.79 Å². The molecule has 1 amide bonds. The van der Waals surface area contributed by atoms with E-state index in [1.165, 1.54) is 0 Å². The van der Waals surface area contributed by atoms with E-state index in [0.29, 0.717) is 17.4 Å². The molecule has 0 atom stereocenters. The van der Waals surface area contributed by atoms with Gasteiger partial charge in [0.25, 0.3) is 5.91 Å². The summed E-state index contributed by atoms with van der Waals surface area (Å²) in [5, 5.41) is 2.98. The van der Waals surface area contributed by atoms with Crippen LogP contribution in [0.4, 0.5) is 0 Å². The van der Waals surface area contributed by atoms with Crippen molar-refractivity contribution in [3.8, 4) is 11.5 Å². The molecule has 0 radical (unpaired) electrons. The lowest BCUT2D eigenvalue weighted by Crippen LogP contribution is -2.25. The fraction of sp³-hybridized carbons (Fsp3) is 0.188. The average molecular weight is 253 g/mol. The van der Waals surface area contributed by atoms with Gasteiger partial charge in [0.05, 0.1) is 5.56 Å². The van der Waals surface area contributed by atoms with Gasteiger partial charge in [-0.2, -0.15) is 0 Å². The van der Waals surface area contributed by atoms with Gasteiger partial charge in [0, 0.05) is 6.04 Å². The van der Waals surface area contributed by atoms with E-state index >= 15 is 0 Å². The highest BCUT2D eigenvalue weighted by Gasteiger charge is 2.25. The van der Waals surface area contributed by atoms with Crippen molar-refractivity contribution in [2.45, 2.75) is 18.9 Å². The van der Waals surface area contributed by atoms with E-state index in [-0.39, 0.29) is 5.91 Å². The first-order valence-corrected chi connectivity index (χ1v) is 6.46. The third-order valence-electron chi connectivity index (χ3n) is 3.02. The predicted octanol–water partition coefficient (Wildman–Crippen LogP) is 3.37. The van der Waals surface area contributed by atoms with Crippen LogP contribution in [0.25, 0.3) is 0 Å². The van der Waals surface area contributed by atoms with E-state index < -0.39 is 0 Å². The van der Waals surface area contributed by atoms with Gasteiger partial charge in [0.2, 0.25) is 0 Å². The number of hydrogen-bond acceptors (Lipinski definition) is 2. The van der Waals surface area contributed by atoms with Crippen molar-refractivity contribution < 1.29 is 9.53 Å². The summed E-state index contributed by atoms with van der Waals surface area (Å²) in [6.45, 7) is 0. The molecule has 0 unspecified atom stereocenters. The number of ether oxygens (including phenoxy) is 1. The van der Waals surface area contributed by atoms with Gasteiger partial charge in [-0.25, -0.2) is 0 Å². The van der Waals surface area contributed by atoms with E-state index in [0.717, 1.165) is 18.6 Å². The Balaban J connectivity index is 1.82. The van der Waals surface area contributed by atoms with Crippen molar-refractivity contribution in [1.29, 1.82) is 0 Å². The van der Waals surface area contributed by atoms with Crippen LogP contribution in [0.2, 0.25) is 0 Å². The van der Waals surface area contributed by atoms with Gasteiger partial charge in [-0.15, -0.1) is 0 Å². The number of hydrogen-bond donors (Lipinski definition) is 1. The molecule has 1 fully saturated rings. The van der Waals surface area contributed by atoms with E-state index in [9.17, 15) is 4.79 Å². The van der Waals surface area contributed by atoms with Gasteiger partial charge in [0.1, 0.15) is 11.5 Å². The normalized spacial score (nSPS) is 13.9. The van der Waals surface area contributed by atoms with Crippen LogP contribution in [0.3, 0.4) is 0 Å². The predicted molar refractivity (Wildman–Crippen MR) is 73.4 cm³/mol. The van der Waals surface area contributed by atoms with E-state index in [1.54, 1.807) is 6.07 Å². The monoisotopic (exact) mass is 253 g/mol. The number of rotatable bonds is 4. The topological polar surface area (TPSA) is 38.3 Å². The Hall–Kier alpha value is -2.29. The molecular weight excluding hydrogens is 238 g/mol. The fourth-order valence-corrected chi connectivity index (χ4v) is 1.85. The highest BCUT2D eigenvalue weighted by Crippen LogP contribution is 2.26. The molecule has 1 N–H and O–H groups in total. The molecular formula is C16H15NO2. The fourth-order valence-electron chi connectivity index (χ4n) is 1.85. The van der Waals surface area contributed by atoms with Crippen LogP contribution in [0.15, 0.2) is 54.6 Å². The van der Waals surface area contributed by atoms with E-state index in [4.69, 9.17) is 4.74 Å². The molecule has 0 bridgehead atoms. The maximum absolute atomic E-state index is 12.1. The molecule has 96 valence electrons. The van der Waals surface area contributed by atoms with Crippen molar-refractivity contribution in [2.24, 2.45) is 0 Å². The summed E-state index contributed by atoms with van der Waals surface area (Å²) in [6, 6.07) is 17.1. The second-order valence-corrected chi connectivity index (χ2v) is 4.66. The SMILES string of the molecule is O=C(NC1CC1)c1ccccc1Oc1ccccc1. The number of carbonyl (C=O) groups is 1. The highest BCUT2D eigenvalue weighted by molar-refractivity contribution is 5.97. The van der Waals surface area contributed by atoms with Gasteiger partial charge in [0.15, 0.2) is 0 Å². The van der Waals surface area contributed by atoms with Crippen LogP contribution in [0.5, 0.6) is 11.5 Å². The molecule has 2 aromatic carbocycles. The van der Waals surface area contributed by atoms with Crippen molar-refractivity contribution in [3.63, 3.8) is 0 Å². The molecule has 19 heavy (non-hydrogen) atoms. The Labute approximate surface area is 112 Å². The minimum Gasteiger partial charge on any atom is -0.457 e. The number of benzene rings is 2. The zero-order valence-electron chi connectivity index (χ0n) is 10.5. The Morgan fingerprint density at radius 3 is 2.42 bits per heavy atom. The largest absolute Gasteiger partial charge is 0.457 e. The number of amides is 1. The summed E-state index contributed by atoms with van der Waals surface area (Å²) in [6.07, 6.45) is 2.15. The van der Waals surface area contributed by atoms with Crippen LogP contribution in [-0.2, 0) is 0 Å². The minimum absolute atomic E-state index is 0.0611.